The maximum atomic E-state index is 12.3. The summed E-state index contributed by atoms with van der Waals surface area (Å²) in [5.74, 6) is 0.291. The number of carbonyl (C=O) groups excluding carboxylic acids is 2. The van der Waals surface area contributed by atoms with Gasteiger partial charge in [0.2, 0.25) is 11.8 Å². The number of ether oxygens (including phenoxy) is 1. The molecule has 0 aliphatic rings. The Morgan fingerprint density at radius 2 is 1.81 bits per heavy atom. The van der Waals surface area contributed by atoms with Crippen molar-refractivity contribution in [3.63, 3.8) is 0 Å². The van der Waals surface area contributed by atoms with E-state index in [-0.39, 0.29) is 22.8 Å². The third-order valence-corrected chi connectivity index (χ3v) is 5.54. The molecule has 7 heteroatoms. The number of benzene rings is 2. The van der Waals surface area contributed by atoms with Gasteiger partial charge in [-0.3, -0.25) is 9.59 Å². The van der Waals surface area contributed by atoms with Gasteiger partial charge in [0, 0.05) is 16.8 Å². The predicted octanol–water partition coefficient (Wildman–Crippen LogP) is 4.66. The smallest absolute Gasteiger partial charge is 0.237 e. The average molecular weight is 407 g/mol. The lowest BCUT2D eigenvalue weighted by Crippen LogP contribution is -2.25. The zero-order chi connectivity index (χ0) is 20.0. The highest BCUT2D eigenvalue weighted by Gasteiger charge is 2.17. The Hall–Kier alpha value is -2.18. The first-order valence-corrected chi connectivity index (χ1v) is 9.86. The SMILES string of the molecule is COc1cc(Cl)c(C)cc1NC(=O)CSC(C)C(=O)Nc1ccccc1C. The summed E-state index contributed by atoms with van der Waals surface area (Å²) >= 11 is 7.34. The molecule has 2 rings (SSSR count). The van der Waals surface area contributed by atoms with Gasteiger partial charge in [-0.2, -0.15) is 0 Å². The molecular weight excluding hydrogens is 384 g/mol. The van der Waals surface area contributed by atoms with Crippen molar-refractivity contribution in [1.82, 2.24) is 0 Å². The monoisotopic (exact) mass is 406 g/mol. The molecule has 5 nitrogen and oxygen atoms in total. The molecule has 144 valence electrons. The van der Waals surface area contributed by atoms with Crippen molar-refractivity contribution in [2.24, 2.45) is 0 Å². The summed E-state index contributed by atoms with van der Waals surface area (Å²) in [5.41, 5.74) is 3.17. The summed E-state index contributed by atoms with van der Waals surface area (Å²) < 4.78 is 5.25. The second kappa shape index (κ2) is 9.67. The van der Waals surface area contributed by atoms with Gasteiger partial charge >= 0.3 is 0 Å². The Bertz CT molecular complexity index is 842. The van der Waals surface area contributed by atoms with Crippen LogP contribution in [0.2, 0.25) is 5.02 Å². The number of carbonyl (C=O) groups is 2. The van der Waals surface area contributed by atoms with Crippen LogP contribution in [0, 0.1) is 13.8 Å². The number of thioether (sulfide) groups is 1. The van der Waals surface area contributed by atoms with E-state index in [4.69, 9.17) is 16.3 Å². The predicted molar refractivity (Wildman–Crippen MR) is 113 cm³/mol. The molecule has 27 heavy (non-hydrogen) atoms. The first kappa shape index (κ1) is 21.1. The van der Waals surface area contributed by atoms with Gasteiger partial charge < -0.3 is 15.4 Å². The number of aryl methyl sites for hydroxylation is 2. The highest BCUT2D eigenvalue weighted by atomic mass is 35.5. The minimum absolute atomic E-state index is 0.137. The van der Waals surface area contributed by atoms with E-state index in [0.717, 1.165) is 16.8 Å². The standard InChI is InChI=1S/C20H23ClN2O3S/c1-12-7-5-6-8-16(12)23-20(25)14(3)27-11-19(24)22-17-9-13(2)15(21)10-18(17)26-4/h5-10,14H,11H2,1-4H3,(H,22,24)(H,23,25). The van der Waals surface area contributed by atoms with E-state index in [9.17, 15) is 9.59 Å². The lowest BCUT2D eigenvalue weighted by molar-refractivity contribution is -0.115. The molecule has 0 aromatic heterocycles. The number of halogens is 1. The first-order valence-electron chi connectivity index (χ1n) is 8.44. The summed E-state index contributed by atoms with van der Waals surface area (Å²) in [4.78, 5) is 24.6. The van der Waals surface area contributed by atoms with E-state index in [0.29, 0.717) is 16.5 Å². The van der Waals surface area contributed by atoms with Gasteiger partial charge in [-0.15, -0.1) is 11.8 Å². The maximum absolute atomic E-state index is 12.3. The summed E-state index contributed by atoms with van der Waals surface area (Å²) in [6, 6.07) is 11.0. The number of methoxy groups -OCH3 is 1. The van der Waals surface area contributed by atoms with E-state index >= 15 is 0 Å². The van der Waals surface area contributed by atoms with Crippen molar-refractivity contribution in [1.29, 1.82) is 0 Å². The van der Waals surface area contributed by atoms with Crippen molar-refractivity contribution in [2.75, 3.05) is 23.5 Å². The van der Waals surface area contributed by atoms with Crippen LogP contribution in [0.3, 0.4) is 0 Å². The van der Waals surface area contributed by atoms with Gasteiger partial charge in [-0.05, 0) is 44.0 Å². The fourth-order valence-corrected chi connectivity index (χ4v) is 3.18. The van der Waals surface area contributed by atoms with Crippen molar-refractivity contribution in [3.8, 4) is 5.75 Å². The Balaban J connectivity index is 1.90. The van der Waals surface area contributed by atoms with E-state index < -0.39 is 0 Å². The largest absolute Gasteiger partial charge is 0.495 e. The molecule has 2 N–H and O–H groups in total. The number of anilines is 2. The van der Waals surface area contributed by atoms with Crippen molar-refractivity contribution < 1.29 is 14.3 Å². The van der Waals surface area contributed by atoms with E-state index in [2.05, 4.69) is 10.6 Å². The van der Waals surface area contributed by atoms with Gasteiger partial charge in [0.25, 0.3) is 0 Å². The van der Waals surface area contributed by atoms with Crippen molar-refractivity contribution >= 4 is 46.6 Å². The van der Waals surface area contributed by atoms with Crippen molar-refractivity contribution in [2.45, 2.75) is 26.0 Å². The molecule has 0 radical (unpaired) electrons. The van der Waals surface area contributed by atoms with Crippen LogP contribution >= 0.6 is 23.4 Å². The fourth-order valence-electron chi connectivity index (χ4n) is 2.34. The van der Waals surface area contributed by atoms with Crippen LogP contribution in [0.25, 0.3) is 0 Å². The Kier molecular flexibility index (Phi) is 7.56. The highest BCUT2D eigenvalue weighted by molar-refractivity contribution is 8.01. The zero-order valence-corrected chi connectivity index (χ0v) is 17.3. The van der Waals surface area contributed by atoms with Crippen LogP contribution in [0.4, 0.5) is 11.4 Å². The minimum atomic E-state index is -0.371. The van der Waals surface area contributed by atoms with E-state index in [1.165, 1.54) is 18.9 Å². The quantitative estimate of drug-likeness (QED) is 0.701. The van der Waals surface area contributed by atoms with Gasteiger partial charge in [0.05, 0.1) is 23.8 Å². The third-order valence-electron chi connectivity index (χ3n) is 3.99. The van der Waals surface area contributed by atoms with E-state index in [1.54, 1.807) is 19.1 Å². The molecule has 0 fully saturated rings. The molecule has 0 spiro atoms. The first-order chi connectivity index (χ1) is 12.8. The summed E-state index contributed by atoms with van der Waals surface area (Å²) in [7, 11) is 1.52. The summed E-state index contributed by atoms with van der Waals surface area (Å²) in [6.07, 6.45) is 0. The van der Waals surface area contributed by atoms with Crippen LogP contribution in [0.1, 0.15) is 18.1 Å². The van der Waals surface area contributed by atoms with Crippen LogP contribution in [-0.2, 0) is 9.59 Å². The number of para-hydroxylation sites is 1. The molecule has 1 atom stereocenters. The lowest BCUT2D eigenvalue weighted by Gasteiger charge is -2.15. The molecule has 2 aromatic carbocycles. The normalized spacial score (nSPS) is 11.6. The molecule has 0 saturated heterocycles. The van der Waals surface area contributed by atoms with Crippen LogP contribution < -0.4 is 15.4 Å². The van der Waals surface area contributed by atoms with Gasteiger partial charge in [0.1, 0.15) is 5.75 Å². The Morgan fingerprint density at radius 3 is 2.48 bits per heavy atom. The minimum Gasteiger partial charge on any atom is -0.495 e. The van der Waals surface area contributed by atoms with E-state index in [1.807, 2.05) is 38.1 Å². The zero-order valence-electron chi connectivity index (χ0n) is 15.8. The molecule has 0 bridgehead atoms. The van der Waals surface area contributed by atoms with Gasteiger partial charge in [-0.1, -0.05) is 29.8 Å². The highest BCUT2D eigenvalue weighted by Crippen LogP contribution is 2.31. The second-order valence-electron chi connectivity index (χ2n) is 6.11. The van der Waals surface area contributed by atoms with Gasteiger partial charge in [0.15, 0.2) is 0 Å². The number of nitrogens with one attached hydrogen (secondary N) is 2. The van der Waals surface area contributed by atoms with Crippen LogP contribution in [0.15, 0.2) is 36.4 Å². The van der Waals surface area contributed by atoms with Crippen molar-refractivity contribution in [3.05, 3.63) is 52.5 Å². The topological polar surface area (TPSA) is 67.4 Å². The Morgan fingerprint density at radius 1 is 1.11 bits per heavy atom. The summed E-state index contributed by atoms with van der Waals surface area (Å²) in [6.45, 7) is 5.56. The average Bonchev–Trinajstić information content (AvgIpc) is 2.64. The summed E-state index contributed by atoms with van der Waals surface area (Å²) in [5, 5.41) is 5.90. The number of hydrogen-bond acceptors (Lipinski definition) is 4. The molecule has 0 aliphatic carbocycles. The molecule has 2 amide bonds. The Labute approximate surface area is 168 Å². The lowest BCUT2D eigenvalue weighted by atomic mass is 10.2. The maximum Gasteiger partial charge on any atom is 0.237 e. The molecule has 1 unspecified atom stereocenters. The number of rotatable bonds is 7. The van der Waals surface area contributed by atoms with Gasteiger partial charge in [-0.25, -0.2) is 0 Å². The molecule has 0 aliphatic heterocycles. The molecular formula is C20H23ClN2O3S. The molecule has 2 aromatic rings. The van der Waals surface area contributed by atoms with Crippen LogP contribution in [0.5, 0.6) is 5.75 Å². The molecule has 0 heterocycles. The fraction of sp³-hybridized carbons (Fsp3) is 0.300. The second-order valence-corrected chi connectivity index (χ2v) is 7.84. The number of hydrogen-bond donors (Lipinski definition) is 2. The molecule has 0 saturated carbocycles. The third kappa shape index (κ3) is 5.91. The number of amides is 2. The van der Waals surface area contributed by atoms with Crippen LogP contribution in [-0.4, -0.2) is 29.9 Å².